The maximum Gasteiger partial charge on any atom is 0.262 e. The van der Waals surface area contributed by atoms with Crippen LogP contribution in [0.5, 0.6) is 5.75 Å². The van der Waals surface area contributed by atoms with Crippen LogP contribution < -0.4 is 10.1 Å². The van der Waals surface area contributed by atoms with E-state index in [0.717, 1.165) is 22.3 Å². The number of nitrogens with zero attached hydrogens (tertiary/aromatic N) is 3. The van der Waals surface area contributed by atoms with E-state index < -0.39 is 0 Å². The zero-order valence-electron chi connectivity index (χ0n) is 16.9. The summed E-state index contributed by atoms with van der Waals surface area (Å²) < 4.78 is 5.57. The SMILES string of the molecule is Cc1ccc(-n2nc3cc(C)c(NC(=O)COc4ccc(Cl)c(C)c4)cc3n2)cc1. The number of carbonyl (C=O) groups is 1. The van der Waals surface area contributed by atoms with E-state index in [1.807, 2.05) is 57.2 Å². The molecule has 0 fully saturated rings. The number of halogens is 1. The van der Waals surface area contributed by atoms with E-state index >= 15 is 0 Å². The predicted octanol–water partition coefficient (Wildman–Crippen LogP) is 5.02. The minimum atomic E-state index is -0.254. The Bertz CT molecular complexity index is 1230. The van der Waals surface area contributed by atoms with Crippen molar-refractivity contribution in [2.24, 2.45) is 0 Å². The van der Waals surface area contributed by atoms with Gasteiger partial charge in [-0.25, -0.2) is 0 Å². The molecule has 0 saturated carbocycles. The van der Waals surface area contributed by atoms with Gasteiger partial charge in [0.05, 0.1) is 5.69 Å². The number of carbonyl (C=O) groups excluding carboxylic acids is 1. The summed E-state index contributed by atoms with van der Waals surface area (Å²) in [6.07, 6.45) is 0. The van der Waals surface area contributed by atoms with Gasteiger partial charge in [-0.3, -0.25) is 4.79 Å². The summed E-state index contributed by atoms with van der Waals surface area (Å²) in [4.78, 5) is 14.0. The number of fused-ring (bicyclic) bond motifs is 1. The number of rotatable bonds is 5. The number of anilines is 1. The molecule has 4 aromatic rings. The minimum absolute atomic E-state index is 0.103. The predicted molar refractivity (Wildman–Crippen MR) is 119 cm³/mol. The fraction of sp³-hybridized carbons (Fsp3) is 0.174. The molecular formula is C23H21ClN4O2. The van der Waals surface area contributed by atoms with Gasteiger partial charge in [-0.1, -0.05) is 29.3 Å². The molecule has 7 heteroatoms. The average Bonchev–Trinajstić information content (AvgIpc) is 3.12. The molecule has 0 saturated heterocycles. The first-order valence-corrected chi connectivity index (χ1v) is 9.90. The van der Waals surface area contributed by atoms with Crippen LogP contribution >= 0.6 is 11.6 Å². The van der Waals surface area contributed by atoms with Crippen molar-refractivity contribution in [3.05, 3.63) is 76.3 Å². The number of hydrogen-bond donors (Lipinski definition) is 1. The molecule has 1 N–H and O–H groups in total. The largest absolute Gasteiger partial charge is 0.484 e. The maximum absolute atomic E-state index is 12.4. The highest BCUT2D eigenvalue weighted by atomic mass is 35.5. The Labute approximate surface area is 179 Å². The van der Waals surface area contributed by atoms with Crippen molar-refractivity contribution in [3.8, 4) is 11.4 Å². The highest BCUT2D eigenvalue weighted by molar-refractivity contribution is 6.31. The highest BCUT2D eigenvalue weighted by Crippen LogP contribution is 2.23. The summed E-state index contributed by atoms with van der Waals surface area (Å²) in [5.41, 5.74) is 5.99. The molecule has 0 aliphatic rings. The maximum atomic E-state index is 12.4. The van der Waals surface area contributed by atoms with E-state index in [1.165, 1.54) is 5.56 Å². The van der Waals surface area contributed by atoms with Gasteiger partial charge in [-0.15, -0.1) is 10.2 Å². The molecule has 0 bridgehead atoms. The summed E-state index contributed by atoms with van der Waals surface area (Å²) in [5.74, 6) is 0.344. The van der Waals surface area contributed by atoms with Crippen molar-refractivity contribution in [2.45, 2.75) is 20.8 Å². The van der Waals surface area contributed by atoms with Gasteiger partial charge in [0, 0.05) is 10.7 Å². The Hall–Kier alpha value is -3.38. The van der Waals surface area contributed by atoms with Crippen molar-refractivity contribution < 1.29 is 9.53 Å². The lowest BCUT2D eigenvalue weighted by atomic mass is 10.1. The second kappa shape index (κ2) is 8.16. The molecule has 3 aromatic carbocycles. The van der Waals surface area contributed by atoms with E-state index in [0.29, 0.717) is 22.0 Å². The fourth-order valence-electron chi connectivity index (χ4n) is 3.04. The van der Waals surface area contributed by atoms with Crippen molar-refractivity contribution in [1.82, 2.24) is 15.0 Å². The van der Waals surface area contributed by atoms with Crippen molar-refractivity contribution in [3.63, 3.8) is 0 Å². The van der Waals surface area contributed by atoms with E-state index in [2.05, 4.69) is 15.5 Å². The Kier molecular flexibility index (Phi) is 5.42. The third-order valence-corrected chi connectivity index (χ3v) is 5.19. The second-order valence-corrected chi connectivity index (χ2v) is 7.64. The van der Waals surface area contributed by atoms with Gasteiger partial charge in [-0.05, 0) is 74.4 Å². The lowest BCUT2D eigenvalue weighted by Gasteiger charge is -2.10. The molecule has 152 valence electrons. The van der Waals surface area contributed by atoms with Crippen molar-refractivity contribution >= 4 is 34.2 Å². The Morgan fingerprint density at radius 2 is 1.67 bits per heavy atom. The first-order chi connectivity index (χ1) is 14.4. The molecule has 0 aliphatic heterocycles. The van der Waals surface area contributed by atoms with E-state index in [9.17, 15) is 4.79 Å². The normalized spacial score (nSPS) is 10.9. The first kappa shape index (κ1) is 19.9. The molecule has 6 nitrogen and oxygen atoms in total. The van der Waals surface area contributed by atoms with Crippen LogP contribution in [0.15, 0.2) is 54.6 Å². The average molecular weight is 421 g/mol. The third kappa shape index (κ3) is 4.28. The zero-order valence-corrected chi connectivity index (χ0v) is 17.7. The minimum Gasteiger partial charge on any atom is -0.484 e. The molecule has 1 aromatic heterocycles. The van der Waals surface area contributed by atoms with Crippen LogP contribution in [0.25, 0.3) is 16.7 Å². The summed E-state index contributed by atoms with van der Waals surface area (Å²) >= 11 is 6.02. The number of benzene rings is 3. The molecule has 1 amide bonds. The molecular weight excluding hydrogens is 400 g/mol. The molecule has 0 atom stereocenters. The van der Waals surface area contributed by atoms with Gasteiger partial charge in [0.15, 0.2) is 6.61 Å². The zero-order chi connectivity index (χ0) is 21.3. The molecule has 1 heterocycles. The molecule has 0 spiro atoms. The highest BCUT2D eigenvalue weighted by Gasteiger charge is 2.11. The van der Waals surface area contributed by atoms with Crippen LogP contribution in [0, 0.1) is 20.8 Å². The lowest BCUT2D eigenvalue weighted by molar-refractivity contribution is -0.118. The van der Waals surface area contributed by atoms with Gasteiger partial charge in [0.1, 0.15) is 16.8 Å². The Balaban J connectivity index is 1.49. The van der Waals surface area contributed by atoms with E-state index in [-0.39, 0.29) is 12.5 Å². The second-order valence-electron chi connectivity index (χ2n) is 7.23. The number of ether oxygens (including phenoxy) is 1. The Morgan fingerprint density at radius 3 is 2.37 bits per heavy atom. The standard InChI is InChI=1S/C23H21ClN4O2/c1-14-4-6-17(7-5-14)28-26-21-11-16(3)20(12-22(21)27-28)25-23(29)13-30-18-8-9-19(24)15(2)10-18/h4-12H,13H2,1-3H3,(H,25,29). The van der Waals surface area contributed by atoms with Gasteiger partial charge in [0.2, 0.25) is 0 Å². The Morgan fingerprint density at radius 1 is 0.967 bits per heavy atom. The van der Waals surface area contributed by atoms with Crippen LogP contribution in [0.2, 0.25) is 5.02 Å². The van der Waals surface area contributed by atoms with Crippen LogP contribution in [-0.2, 0) is 4.79 Å². The van der Waals surface area contributed by atoms with Crippen molar-refractivity contribution in [1.29, 1.82) is 0 Å². The number of nitrogens with one attached hydrogen (secondary N) is 1. The summed E-state index contributed by atoms with van der Waals surface area (Å²) in [5, 5.41) is 12.6. The quantitative estimate of drug-likeness (QED) is 0.492. The number of aryl methyl sites for hydroxylation is 3. The molecule has 0 aliphatic carbocycles. The van der Waals surface area contributed by atoms with Crippen LogP contribution in [0.4, 0.5) is 5.69 Å². The fourth-order valence-corrected chi connectivity index (χ4v) is 3.16. The summed E-state index contributed by atoms with van der Waals surface area (Å²) in [6, 6.07) is 17.0. The smallest absolute Gasteiger partial charge is 0.262 e. The van der Waals surface area contributed by atoms with Gasteiger partial charge < -0.3 is 10.1 Å². The number of hydrogen-bond acceptors (Lipinski definition) is 4. The summed E-state index contributed by atoms with van der Waals surface area (Å²) in [7, 11) is 0. The monoisotopic (exact) mass is 420 g/mol. The van der Waals surface area contributed by atoms with Gasteiger partial charge >= 0.3 is 0 Å². The van der Waals surface area contributed by atoms with Crippen LogP contribution in [0.1, 0.15) is 16.7 Å². The third-order valence-electron chi connectivity index (χ3n) is 4.76. The lowest BCUT2D eigenvalue weighted by Crippen LogP contribution is -2.20. The first-order valence-electron chi connectivity index (χ1n) is 9.52. The number of aromatic nitrogens is 3. The topological polar surface area (TPSA) is 69.0 Å². The molecule has 0 unspecified atom stereocenters. The molecule has 4 rings (SSSR count). The molecule has 0 radical (unpaired) electrons. The molecule has 30 heavy (non-hydrogen) atoms. The van der Waals surface area contributed by atoms with Crippen LogP contribution in [0.3, 0.4) is 0 Å². The van der Waals surface area contributed by atoms with Crippen LogP contribution in [-0.4, -0.2) is 27.5 Å². The summed E-state index contributed by atoms with van der Waals surface area (Å²) in [6.45, 7) is 5.74. The number of amides is 1. The van der Waals surface area contributed by atoms with Gasteiger partial charge in [-0.2, -0.15) is 4.80 Å². The van der Waals surface area contributed by atoms with E-state index in [4.69, 9.17) is 16.3 Å². The van der Waals surface area contributed by atoms with E-state index in [1.54, 1.807) is 23.0 Å². The van der Waals surface area contributed by atoms with Gasteiger partial charge in [0.25, 0.3) is 5.91 Å². The van der Waals surface area contributed by atoms with Crippen molar-refractivity contribution in [2.75, 3.05) is 11.9 Å².